The molecule has 1 aliphatic heterocycles. The Labute approximate surface area is 109 Å². The SMILES string of the molecule is C=C1Cn2nc(C(C)C)cc2C(O)CN1C(C)C. The number of β-amino-alcohol motifs (C(OH)–C–C–N with tert-alkyl or cyclic N) is 1. The zero-order chi connectivity index (χ0) is 13.4. The number of hydrogen-bond donors (Lipinski definition) is 1. The summed E-state index contributed by atoms with van der Waals surface area (Å²) in [7, 11) is 0. The molecule has 4 nitrogen and oxygen atoms in total. The third-order valence-corrected chi connectivity index (χ3v) is 3.49. The van der Waals surface area contributed by atoms with Gasteiger partial charge in [0.05, 0.1) is 17.9 Å². The lowest BCUT2D eigenvalue weighted by molar-refractivity contribution is 0.119. The number of aliphatic hydroxyl groups excluding tert-OH is 1. The Morgan fingerprint density at radius 3 is 2.61 bits per heavy atom. The standard InChI is InChI=1S/C14H23N3O/c1-9(2)12-6-13-14(18)8-16(10(3)4)11(5)7-17(13)15-12/h6,9-10,14,18H,5,7-8H2,1-4H3. The predicted octanol–water partition coefficient (Wildman–Crippen LogP) is 2.28. The lowest BCUT2D eigenvalue weighted by Crippen LogP contribution is -2.32. The van der Waals surface area contributed by atoms with Crippen LogP contribution in [0.25, 0.3) is 0 Å². The van der Waals surface area contributed by atoms with Crippen LogP contribution in [0.5, 0.6) is 0 Å². The first-order valence-electron chi connectivity index (χ1n) is 6.60. The van der Waals surface area contributed by atoms with Crippen molar-refractivity contribution < 1.29 is 5.11 Å². The van der Waals surface area contributed by atoms with E-state index in [1.165, 1.54) is 0 Å². The zero-order valence-corrected chi connectivity index (χ0v) is 11.7. The van der Waals surface area contributed by atoms with Gasteiger partial charge in [0.25, 0.3) is 0 Å². The molecule has 1 aromatic rings. The molecule has 0 bridgehead atoms. The van der Waals surface area contributed by atoms with Gasteiger partial charge < -0.3 is 10.0 Å². The molecule has 0 radical (unpaired) electrons. The second-order valence-electron chi connectivity index (χ2n) is 5.63. The molecule has 0 aliphatic carbocycles. The fourth-order valence-corrected chi connectivity index (χ4v) is 2.38. The van der Waals surface area contributed by atoms with Crippen molar-refractivity contribution in [2.75, 3.05) is 6.54 Å². The molecule has 0 aromatic carbocycles. The van der Waals surface area contributed by atoms with E-state index in [0.717, 1.165) is 17.1 Å². The summed E-state index contributed by atoms with van der Waals surface area (Å²) in [5.74, 6) is 0.381. The summed E-state index contributed by atoms with van der Waals surface area (Å²) in [5, 5.41) is 14.9. The van der Waals surface area contributed by atoms with Gasteiger partial charge in [-0.05, 0) is 25.8 Å². The minimum atomic E-state index is -0.494. The van der Waals surface area contributed by atoms with E-state index in [-0.39, 0.29) is 0 Å². The summed E-state index contributed by atoms with van der Waals surface area (Å²) in [4.78, 5) is 2.15. The molecule has 1 atom stereocenters. The lowest BCUT2D eigenvalue weighted by atomic mass is 10.1. The van der Waals surface area contributed by atoms with Crippen molar-refractivity contribution in [3.8, 4) is 0 Å². The Bertz CT molecular complexity index is 448. The average molecular weight is 249 g/mol. The molecule has 2 rings (SSSR count). The van der Waals surface area contributed by atoms with E-state index in [1.807, 2.05) is 10.7 Å². The average Bonchev–Trinajstić information content (AvgIpc) is 2.64. The minimum absolute atomic E-state index is 0.348. The summed E-state index contributed by atoms with van der Waals surface area (Å²) >= 11 is 0. The van der Waals surface area contributed by atoms with Gasteiger partial charge in [-0.25, -0.2) is 0 Å². The van der Waals surface area contributed by atoms with Gasteiger partial charge in [-0.3, -0.25) is 4.68 Å². The monoisotopic (exact) mass is 249 g/mol. The highest BCUT2D eigenvalue weighted by molar-refractivity contribution is 5.19. The smallest absolute Gasteiger partial charge is 0.113 e. The number of allylic oxidation sites excluding steroid dienone is 1. The summed E-state index contributed by atoms with van der Waals surface area (Å²) in [6.45, 7) is 13.8. The van der Waals surface area contributed by atoms with E-state index < -0.39 is 6.10 Å². The molecule has 0 amide bonds. The van der Waals surface area contributed by atoms with Crippen LogP contribution >= 0.6 is 0 Å². The van der Waals surface area contributed by atoms with E-state index in [0.29, 0.717) is 25.0 Å². The molecule has 1 unspecified atom stereocenters. The third kappa shape index (κ3) is 2.29. The second-order valence-corrected chi connectivity index (χ2v) is 5.63. The van der Waals surface area contributed by atoms with E-state index in [9.17, 15) is 5.11 Å². The van der Waals surface area contributed by atoms with Crippen LogP contribution in [0.4, 0.5) is 0 Å². The molecule has 0 saturated carbocycles. The highest BCUT2D eigenvalue weighted by Gasteiger charge is 2.26. The topological polar surface area (TPSA) is 41.3 Å². The van der Waals surface area contributed by atoms with Crippen LogP contribution in [-0.2, 0) is 6.54 Å². The van der Waals surface area contributed by atoms with Crippen molar-refractivity contribution >= 4 is 0 Å². The highest BCUT2D eigenvalue weighted by Crippen LogP contribution is 2.26. The summed E-state index contributed by atoms with van der Waals surface area (Å²) < 4.78 is 1.89. The van der Waals surface area contributed by atoms with Crippen LogP contribution in [0.15, 0.2) is 18.3 Å². The van der Waals surface area contributed by atoms with Crippen LogP contribution in [0.1, 0.15) is 51.1 Å². The van der Waals surface area contributed by atoms with Crippen LogP contribution in [-0.4, -0.2) is 32.4 Å². The molecule has 1 aliphatic rings. The first kappa shape index (κ1) is 13.1. The molecule has 1 aromatic heterocycles. The summed E-state index contributed by atoms with van der Waals surface area (Å²) in [6.07, 6.45) is -0.494. The van der Waals surface area contributed by atoms with E-state index in [2.05, 4.69) is 44.3 Å². The maximum absolute atomic E-state index is 10.3. The normalized spacial score (nSPS) is 20.5. The molecule has 1 N–H and O–H groups in total. The van der Waals surface area contributed by atoms with Crippen molar-refractivity contribution in [3.63, 3.8) is 0 Å². The molecule has 0 fully saturated rings. The molecule has 4 heteroatoms. The number of aromatic nitrogens is 2. The van der Waals surface area contributed by atoms with E-state index >= 15 is 0 Å². The largest absolute Gasteiger partial charge is 0.385 e. The number of fused-ring (bicyclic) bond motifs is 1. The van der Waals surface area contributed by atoms with Gasteiger partial charge in [0.15, 0.2) is 0 Å². The van der Waals surface area contributed by atoms with Gasteiger partial charge in [0.1, 0.15) is 6.10 Å². The minimum Gasteiger partial charge on any atom is -0.385 e. The molecular formula is C14H23N3O. The van der Waals surface area contributed by atoms with E-state index in [1.54, 1.807) is 0 Å². The van der Waals surface area contributed by atoms with Crippen LogP contribution in [0, 0.1) is 0 Å². The number of hydrogen-bond acceptors (Lipinski definition) is 3. The Morgan fingerprint density at radius 2 is 2.06 bits per heavy atom. The summed E-state index contributed by atoms with van der Waals surface area (Å²) in [5.41, 5.74) is 2.96. The van der Waals surface area contributed by atoms with Gasteiger partial charge in [-0.2, -0.15) is 5.10 Å². The Hall–Kier alpha value is -1.29. The molecule has 0 spiro atoms. The zero-order valence-electron chi connectivity index (χ0n) is 11.7. The third-order valence-electron chi connectivity index (χ3n) is 3.49. The Balaban J connectivity index is 2.33. The molecule has 100 valence electrons. The Morgan fingerprint density at radius 1 is 1.39 bits per heavy atom. The van der Waals surface area contributed by atoms with Crippen LogP contribution < -0.4 is 0 Å². The fraction of sp³-hybridized carbons (Fsp3) is 0.643. The van der Waals surface area contributed by atoms with Crippen molar-refractivity contribution in [2.24, 2.45) is 0 Å². The van der Waals surface area contributed by atoms with E-state index in [4.69, 9.17) is 0 Å². The van der Waals surface area contributed by atoms with Gasteiger partial charge in [0, 0.05) is 18.3 Å². The molecular weight excluding hydrogens is 226 g/mol. The second kappa shape index (κ2) is 4.76. The molecule has 18 heavy (non-hydrogen) atoms. The van der Waals surface area contributed by atoms with Crippen LogP contribution in [0.3, 0.4) is 0 Å². The van der Waals surface area contributed by atoms with Gasteiger partial charge in [-0.15, -0.1) is 0 Å². The summed E-state index contributed by atoms with van der Waals surface area (Å²) in [6, 6.07) is 2.37. The predicted molar refractivity (Wildman–Crippen MR) is 72.3 cm³/mol. The number of nitrogens with zero attached hydrogens (tertiary/aromatic N) is 3. The van der Waals surface area contributed by atoms with Gasteiger partial charge >= 0.3 is 0 Å². The highest BCUT2D eigenvalue weighted by atomic mass is 16.3. The first-order valence-corrected chi connectivity index (χ1v) is 6.60. The van der Waals surface area contributed by atoms with Crippen molar-refractivity contribution in [3.05, 3.63) is 29.7 Å². The van der Waals surface area contributed by atoms with Gasteiger partial charge in [-0.1, -0.05) is 20.4 Å². The lowest BCUT2D eigenvalue weighted by Gasteiger charge is -2.29. The van der Waals surface area contributed by atoms with Crippen molar-refractivity contribution in [1.82, 2.24) is 14.7 Å². The maximum atomic E-state index is 10.3. The number of rotatable bonds is 2. The van der Waals surface area contributed by atoms with Crippen LogP contribution in [0.2, 0.25) is 0 Å². The quantitative estimate of drug-likeness (QED) is 0.874. The maximum Gasteiger partial charge on any atom is 0.113 e. The molecule has 0 saturated heterocycles. The Kier molecular flexibility index (Phi) is 3.48. The van der Waals surface area contributed by atoms with Crippen molar-refractivity contribution in [1.29, 1.82) is 0 Å². The molecule has 2 heterocycles. The first-order chi connectivity index (χ1) is 8.40. The fourth-order valence-electron chi connectivity index (χ4n) is 2.38. The number of aliphatic hydroxyl groups is 1. The van der Waals surface area contributed by atoms with Crippen molar-refractivity contribution in [2.45, 2.75) is 52.3 Å². The van der Waals surface area contributed by atoms with Gasteiger partial charge in [0.2, 0.25) is 0 Å².